The Labute approximate surface area is 132 Å². The van der Waals surface area contributed by atoms with Crippen LogP contribution in [0.1, 0.15) is 31.7 Å². The number of carboxylic acids is 1. The third-order valence-electron chi connectivity index (χ3n) is 4.11. The summed E-state index contributed by atoms with van der Waals surface area (Å²) >= 11 is 0. The predicted molar refractivity (Wildman–Crippen MR) is 78.1 cm³/mol. The number of alkyl carbamates (subject to hydrolysis) is 1. The van der Waals surface area contributed by atoms with Gasteiger partial charge in [0.2, 0.25) is 5.92 Å². The maximum atomic E-state index is 13.1. The minimum Gasteiger partial charge on any atom is -0.481 e. The molecule has 1 atom stereocenters. The molecular formula is C16H19F2NO4. The summed E-state index contributed by atoms with van der Waals surface area (Å²) in [7, 11) is 0. The minimum absolute atomic E-state index is 0.0245. The van der Waals surface area contributed by atoms with E-state index < -0.39 is 48.7 Å². The van der Waals surface area contributed by atoms with E-state index >= 15 is 0 Å². The molecule has 1 aliphatic carbocycles. The second-order valence-corrected chi connectivity index (χ2v) is 6.14. The first-order valence-corrected chi connectivity index (χ1v) is 7.29. The first-order chi connectivity index (χ1) is 10.7. The zero-order valence-electron chi connectivity index (χ0n) is 12.7. The Morgan fingerprint density at radius 1 is 1.35 bits per heavy atom. The molecule has 7 heteroatoms. The van der Waals surface area contributed by atoms with Crippen molar-refractivity contribution in [3.05, 3.63) is 35.9 Å². The predicted octanol–water partition coefficient (Wildman–Crippen LogP) is 3.19. The lowest BCUT2D eigenvalue weighted by Crippen LogP contribution is -2.59. The highest BCUT2D eigenvalue weighted by atomic mass is 19.3. The second kappa shape index (κ2) is 6.52. The van der Waals surface area contributed by atoms with Crippen LogP contribution in [0.3, 0.4) is 0 Å². The van der Waals surface area contributed by atoms with Gasteiger partial charge < -0.3 is 15.2 Å². The van der Waals surface area contributed by atoms with E-state index in [1.54, 1.807) is 24.3 Å². The number of carbonyl (C=O) groups is 2. The minimum atomic E-state index is -2.79. The van der Waals surface area contributed by atoms with Gasteiger partial charge >= 0.3 is 12.1 Å². The summed E-state index contributed by atoms with van der Waals surface area (Å²) in [6.07, 6.45) is -2.12. The molecule has 0 heterocycles. The number of aliphatic carboxylic acids is 1. The van der Waals surface area contributed by atoms with Crippen LogP contribution >= 0.6 is 0 Å². The number of amides is 1. The summed E-state index contributed by atoms with van der Waals surface area (Å²) in [6, 6.07) is 8.96. The van der Waals surface area contributed by atoms with Gasteiger partial charge in [0, 0.05) is 12.8 Å². The van der Waals surface area contributed by atoms with Crippen molar-refractivity contribution in [2.24, 2.45) is 5.92 Å². The van der Waals surface area contributed by atoms with Crippen LogP contribution in [0, 0.1) is 5.92 Å². The van der Waals surface area contributed by atoms with Crippen LogP contribution in [0.5, 0.6) is 0 Å². The summed E-state index contributed by atoms with van der Waals surface area (Å²) in [5.74, 6) is -4.55. The van der Waals surface area contributed by atoms with E-state index in [1.807, 2.05) is 6.07 Å². The van der Waals surface area contributed by atoms with E-state index in [9.17, 15) is 18.4 Å². The molecule has 1 amide bonds. The van der Waals surface area contributed by atoms with Crippen LogP contribution in [0.4, 0.5) is 13.6 Å². The second-order valence-electron chi connectivity index (χ2n) is 6.14. The molecular weight excluding hydrogens is 308 g/mol. The highest BCUT2D eigenvalue weighted by Crippen LogP contribution is 2.48. The fraction of sp³-hybridized carbons (Fsp3) is 0.500. The summed E-state index contributed by atoms with van der Waals surface area (Å²) < 4.78 is 31.2. The van der Waals surface area contributed by atoms with Crippen molar-refractivity contribution in [2.75, 3.05) is 0 Å². The van der Waals surface area contributed by atoms with Crippen molar-refractivity contribution < 1.29 is 28.2 Å². The summed E-state index contributed by atoms with van der Waals surface area (Å²) in [5.41, 5.74) is -0.487. The number of rotatable bonds is 6. The topological polar surface area (TPSA) is 75.6 Å². The molecule has 1 aliphatic rings. The van der Waals surface area contributed by atoms with Gasteiger partial charge in [-0.05, 0) is 18.4 Å². The van der Waals surface area contributed by atoms with Crippen LogP contribution in [0.2, 0.25) is 0 Å². The number of nitrogens with one attached hydrogen (secondary N) is 1. The van der Waals surface area contributed by atoms with Crippen molar-refractivity contribution >= 4 is 12.1 Å². The maximum absolute atomic E-state index is 13.1. The molecule has 126 valence electrons. The first kappa shape index (κ1) is 17.2. The van der Waals surface area contributed by atoms with Crippen molar-refractivity contribution in [1.29, 1.82) is 0 Å². The zero-order valence-corrected chi connectivity index (χ0v) is 12.7. The largest absolute Gasteiger partial charge is 0.481 e. The van der Waals surface area contributed by atoms with Gasteiger partial charge in [0.15, 0.2) is 0 Å². The van der Waals surface area contributed by atoms with Crippen molar-refractivity contribution in [1.82, 2.24) is 5.32 Å². The SMILES string of the molecule is CC(CC(=O)O)(NC(=O)OCc1ccccc1)C1CC(F)(F)C1. The fourth-order valence-corrected chi connectivity index (χ4v) is 2.71. The molecule has 0 aliphatic heterocycles. The lowest BCUT2D eigenvalue weighted by atomic mass is 9.68. The highest BCUT2D eigenvalue weighted by molar-refractivity contribution is 5.72. The van der Waals surface area contributed by atoms with Crippen molar-refractivity contribution in [3.8, 4) is 0 Å². The molecule has 1 fully saturated rings. The fourth-order valence-electron chi connectivity index (χ4n) is 2.71. The van der Waals surface area contributed by atoms with Crippen LogP contribution in [-0.2, 0) is 16.1 Å². The summed E-state index contributed by atoms with van der Waals surface area (Å²) in [6.45, 7) is 1.49. The van der Waals surface area contributed by atoms with E-state index in [0.29, 0.717) is 0 Å². The van der Waals surface area contributed by atoms with Crippen LogP contribution in [0.25, 0.3) is 0 Å². The molecule has 1 saturated carbocycles. The molecule has 2 rings (SSSR count). The third-order valence-corrected chi connectivity index (χ3v) is 4.11. The van der Waals surface area contributed by atoms with Gasteiger partial charge in [-0.15, -0.1) is 0 Å². The molecule has 0 saturated heterocycles. The number of halogens is 2. The molecule has 0 radical (unpaired) electrons. The quantitative estimate of drug-likeness (QED) is 0.841. The number of benzene rings is 1. The number of carboxylic acid groups (broad SMARTS) is 1. The van der Waals surface area contributed by atoms with E-state index in [0.717, 1.165) is 5.56 Å². The van der Waals surface area contributed by atoms with Gasteiger partial charge in [-0.2, -0.15) is 0 Å². The number of ether oxygens (including phenoxy) is 1. The van der Waals surface area contributed by atoms with Gasteiger partial charge in [-0.1, -0.05) is 30.3 Å². The van der Waals surface area contributed by atoms with Gasteiger partial charge in [0.25, 0.3) is 0 Å². The normalized spacial score (nSPS) is 19.3. The number of carbonyl (C=O) groups excluding carboxylic acids is 1. The average Bonchev–Trinajstić information content (AvgIpc) is 2.42. The number of hydrogen-bond acceptors (Lipinski definition) is 3. The van der Waals surface area contributed by atoms with Gasteiger partial charge in [-0.25, -0.2) is 13.6 Å². The van der Waals surface area contributed by atoms with Gasteiger partial charge in [0.05, 0.1) is 12.0 Å². The first-order valence-electron chi connectivity index (χ1n) is 7.29. The Bertz CT molecular complexity index is 571. The monoisotopic (exact) mass is 327 g/mol. The molecule has 1 unspecified atom stereocenters. The van der Waals surface area contributed by atoms with Crippen LogP contribution < -0.4 is 5.32 Å². The average molecular weight is 327 g/mol. The van der Waals surface area contributed by atoms with E-state index in [1.165, 1.54) is 6.92 Å². The van der Waals surface area contributed by atoms with Gasteiger partial charge in [-0.3, -0.25) is 4.79 Å². The Balaban J connectivity index is 1.94. The summed E-state index contributed by atoms with van der Waals surface area (Å²) in [4.78, 5) is 22.9. The van der Waals surface area contributed by atoms with Gasteiger partial charge in [0.1, 0.15) is 6.61 Å². The Morgan fingerprint density at radius 3 is 2.48 bits per heavy atom. The van der Waals surface area contributed by atoms with E-state index in [-0.39, 0.29) is 6.61 Å². The van der Waals surface area contributed by atoms with Crippen LogP contribution in [-0.4, -0.2) is 28.6 Å². The van der Waals surface area contributed by atoms with Crippen LogP contribution in [0.15, 0.2) is 30.3 Å². The lowest BCUT2D eigenvalue weighted by Gasteiger charge is -2.46. The molecule has 1 aromatic rings. The Kier molecular flexibility index (Phi) is 4.87. The standard InChI is InChI=1S/C16H19F2NO4/c1-15(9-13(20)21,12-7-16(17,18)8-12)19-14(22)23-10-11-5-3-2-4-6-11/h2-6,12H,7-10H2,1H3,(H,19,22)(H,20,21). The molecule has 0 spiro atoms. The Morgan fingerprint density at radius 2 is 1.96 bits per heavy atom. The van der Waals surface area contributed by atoms with E-state index in [4.69, 9.17) is 9.84 Å². The van der Waals surface area contributed by atoms with Crippen molar-refractivity contribution in [2.45, 2.75) is 44.3 Å². The highest BCUT2D eigenvalue weighted by Gasteiger charge is 2.54. The number of hydrogen-bond donors (Lipinski definition) is 2. The van der Waals surface area contributed by atoms with Crippen molar-refractivity contribution in [3.63, 3.8) is 0 Å². The molecule has 0 aromatic heterocycles. The number of alkyl halides is 2. The maximum Gasteiger partial charge on any atom is 0.407 e. The third kappa shape index (κ3) is 4.64. The Hall–Kier alpha value is -2.18. The smallest absolute Gasteiger partial charge is 0.407 e. The molecule has 0 bridgehead atoms. The molecule has 5 nitrogen and oxygen atoms in total. The summed E-state index contributed by atoms with van der Waals surface area (Å²) in [5, 5.41) is 11.4. The zero-order chi connectivity index (χ0) is 17.1. The lowest BCUT2D eigenvalue weighted by molar-refractivity contribution is -0.150. The molecule has 2 N–H and O–H groups in total. The molecule has 23 heavy (non-hydrogen) atoms. The molecule has 1 aromatic carbocycles. The van der Waals surface area contributed by atoms with E-state index in [2.05, 4.69) is 5.32 Å².